The highest BCUT2D eigenvalue weighted by atomic mass is 19.4. The number of aromatic nitrogens is 4. The van der Waals surface area contributed by atoms with Gasteiger partial charge in [0.2, 0.25) is 0 Å². The number of H-pyrrole nitrogens is 1. The average molecular weight is 299 g/mol. The Morgan fingerprint density at radius 2 is 2.10 bits per heavy atom. The third-order valence-corrected chi connectivity index (χ3v) is 2.66. The first kappa shape index (κ1) is 14.9. The second kappa shape index (κ2) is 5.51. The molecule has 2 heterocycles. The van der Waals surface area contributed by atoms with Crippen molar-refractivity contribution in [1.82, 2.24) is 20.2 Å². The second-order valence-electron chi connectivity index (χ2n) is 4.60. The molecule has 6 nitrogen and oxygen atoms in total. The van der Waals surface area contributed by atoms with Crippen molar-refractivity contribution >= 4 is 11.7 Å². The van der Waals surface area contributed by atoms with Gasteiger partial charge in [0.15, 0.2) is 5.82 Å². The smallest absolute Gasteiger partial charge is 0.305 e. The maximum Gasteiger partial charge on any atom is 0.432 e. The van der Waals surface area contributed by atoms with Gasteiger partial charge in [-0.15, -0.1) is 0 Å². The highest BCUT2D eigenvalue weighted by Gasteiger charge is 2.33. The lowest BCUT2D eigenvalue weighted by molar-refractivity contribution is -0.141. The van der Waals surface area contributed by atoms with Crippen LogP contribution in [0.15, 0.2) is 18.6 Å². The summed E-state index contributed by atoms with van der Waals surface area (Å²) in [4.78, 5) is 19.8. The summed E-state index contributed by atoms with van der Waals surface area (Å²) in [7, 11) is 0. The highest BCUT2D eigenvalue weighted by molar-refractivity contribution is 6.04. The maximum atomic E-state index is 12.4. The van der Waals surface area contributed by atoms with Crippen LogP contribution < -0.4 is 5.32 Å². The molecule has 21 heavy (non-hydrogen) atoms. The van der Waals surface area contributed by atoms with Gasteiger partial charge in [0.1, 0.15) is 12.0 Å². The van der Waals surface area contributed by atoms with Crippen LogP contribution >= 0.6 is 0 Å². The van der Waals surface area contributed by atoms with Crippen LogP contribution in [0.3, 0.4) is 0 Å². The van der Waals surface area contributed by atoms with Crippen LogP contribution in [0.5, 0.6) is 0 Å². The zero-order chi connectivity index (χ0) is 15.6. The number of nitrogens with zero attached hydrogens (tertiary/aromatic N) is 3. The lowest BCUT2D eigenvalue weighted by Gasteiger charge is -2.09. The first-order valence-corrected chi connectivity index (χ1v) is 6.03. The number of hydrogen-bond acceptors (Lipinski definition) is 4. The van der Waals surface area contributed by atoms with E-state index in [1.54, 1.807) is 0 Å². The van der Waals surface area contributed by atoms with Crippen LogP contribution in [-0.4, -0.2) is 26.1 Å². The Bertz CT molecular complexity index is 650. The van der Waals surface area contributed by atoms with Gasteiger partial charge in [-0.25, -0.2) is 9.97 Å². The summed E-state index contributed by atoms with van der Waals surface area (Å²) in [5.74, 6) is -0.857. The molecule has 0 spiro atoms. The average Bonchev–Trinajstić information content (AvgIpc) is 2.87. The molecule has 2 aromatic heterocycles. The molecule has 9 heteroatoms. The summed E-state index contributed by atoms with van der Waals surface area (Å²) in [6.45, 7) is 3.69. The summed E-state index contributed by atoms with van der Waals surface area (Å²) in [6.07, 6.45) is -1.92. The van der Waals surface area contributed by atoms with Crippen molar-refractivity contribution in [2.45, 2.75) is 25.9 Å². The van der Waals surface area contributed by atoms with E-state index in [1.807, 2.05) is 18.9 Å². The van der Waals surface area contributed by atoms with Crippen molar-refractivity contribution in [3.8, 4) is 0 Å². The zero-order valence-electron chi connectivity index (χ0n) is 11.2. The number of carbonyl (C=O) groups excluding carboxylic acids is 1. The fourth-order valence-corrected chi connectivity index (χ4v) is 1.69. The molecule has 112 valence electrons. The Labute approximate surface area is 117 Å². The van der Waals surface area contributed by atoms with E-state index in [-0.39, 0.29) is 17.3 Å². The number of alkyl halides is 3. The van der Waals surface area contributed by atoms with E-state index < -0.39 is 17.8 Å². The number of aromatic amines is 1. The topological polar surface area (TPSA) is 83.6 Å². The molecular weight excluding hydrogens is 287 g/mol. The van der Waals surface area contributed by atoms with Gasteiger partial charge in [-0.2, -0.15) is 18.3 Å². The zero-order valence-corrected chi connectivity index (χ0v) is 11.2. The minimum absolute atomic E-state index is 0.0290. The molecular formula is C12H12F3N5O. The number of carbonyl (C=O) groups is 1. The van der Waals surface area contributed by atoms with Crippen molar-refractivity contribution in [2.75, 3.05) is 5.32 Å². The number of nitrogens with one attached hydrogen (secondary N) is 2. The molecule has 0 aliphatic heterocycles. The quantitative estimate of drug-likeness (QED) is 0.912. The number of amides is 1. The molecule has 0 aliphatic rings. The van der Waals surface area contributed by atoms with Gasteiger partial charge in [-0.1, -0.05) is 13.8 Å². The Kier molecular flexibility index (Phi) is 3.92. The molecule has 0 aliphatic carbocycles. The van der Waals surface area contributed by atoms with E-state index >= 15 is 0 Å². The van der Waals surface area contributed by atoms with Gasteiger partial charge in [-0.05, 0) is 5.92 Å². The molecule has 2 N–H and O–H groups in total. The molecule has 2 aromatic rings. The predicted molar refractivity (Wildman–Crippen MR) is 67.7 cm³/mol. The Hall–Kier alpha value is -2.45. The number of halogens is 3. The Morgan fingerprint density at radius 1 is 1.38 bits per heavy atom. The molecule has 1 amide bonds. The van der Waals surface area contributed by atoms with E-state index in [0.29, 0.717) is 5.69 Å². The summed E-state index contributed by atoms with van der Waals surface area (Å²) in [5.41, 5.74) is -0.329. The maximum absolute atomic E-state index is 12.4. The fourth-order valence-electron chi connectivity index (χ4n) is 1.69. The van der Waals surface area contributed by atoms with Crippen LogP contribution in [-0.2, 0) is 6.18 Å². The first-order valence-electron chi connectivity index (χ1n) is 6.03. The van der Waals surface area contributed by atoms with Crippen molar-refractivity contribution < 1.29 is 18.0 Å². The summed E-state index contributed by atoms with van der Waals surface area (Å²) < 4.78 is 37.3. The van der Waals surface area contributed by atoms with E-state index in [1.165, 1.54) is 12.5 Å². The molecule has 0 saturated carbocycles. The minimum atomic E-state index is -4.55. The van der Waals surface area contributed by atoms with Gasteiger partial charge < -0.3 is 5.32 Å². The molecule has 0 saturated heterocycles. The summed E-state index contributed by atoms with van der Waals surface area (Å²) in [5, 5.41) is 7.51. The van der Waals surface area contributed by atoms with E-state index in [4.69, 9.17) is 0 Å². The van der Waals surface area contributed by atoms with Crippen molar-refractivity contribution in [3.05, 3.63) is 35.5 Å². The lowest BCUT2D eigenvalue weighted by atomic mass is 10.0. The van der Waals surface area contributed by atoms with Crippen molar-refractivity contribution in [3.63, 3.8) is 0 Å². The van der Waals surface area contributed by atoms with Crippen LogP contribution in [0, 0.1) is 0 Å². The third kappa shape index (κ3) is 3.36. The van der Waals surface area contributed by atoms with Gasteiger partial charge in [0, 0.05) is 12.3 Å². The Morgan fingerprint density at radius 3 is 2.67 bits per heavy atom. The van der Waals surface area contributed by atoms with Crippen LogP contribution in [0.25, 0.3) is 0 Å². The predicted octanol–water partition coefficient (Wildman–Crippen LogP) is 2.59. The molecule has 0 aromatic carbocycles. The lowest BCUT2D eigenvalue weighted by Crippen LogP contribution is -2.16. The van der Waals surface area contributed by atoms with Gasteiger partial charge in [0.05, 0.1) is 11.3 Å². The molecule has 0 bridgehead atoms. The first-order chi connectivity index (χ1) is 9.79. The van der Waals surface area contributed by atoms with Gasteiger partial charge in [-0.3, -0.25) is 9.89 Å². The number of hydrogen-bond donors (Lipinski definition) is 2. The van der Waals surface area contributed by atoms with Crippen molar-refractivity contribution in [2.24, 2.45) is 0 Å². The second-order valence-corrected chi connectivity index (χ2v) is 4.60. The summed E-state index contributed by atoms with van der Waals surface area (Å²) in [6, 6.07) is 0.719. The third-order valence-electron chi connectivity index (χ3n) is 2.66. The highest BCUT2D eigenvalue weighted by Crippen LogP contribution is 2.28. The van der Waals surface area contributed by atoms with Gasteiger partial charge >= 0.3 is 6.18 Å². The SMILES string of the molecule is CC(C)c1ncncc1C(=O)Nc1cc(C(F)(F)F)[nH]n1. The minimum Gasteiger partial charge on any atom is -0.305 e. The van der Waals surface area contributed by atoms with Crippen molar-refractivity contribution in [1.29, 1.82) is 0 Å². The molecule has 0 atom stereocenters. The molecule has 0 radical (unpaired) electrons. The normalized spacial score (nSPS) is 11.7. The van der Waals surface area contributed by atoms with Crippen LogP contribution in [0.1, 0.15) is 41.5 Å². The van der Waals surface area contributed by atoms with E-state index in [2.05, 4.69) is 20.4 Å². The number of rotatable bonds is 3. The Balaban J connectivity index is 2.21. The van der Waals surface area contributed by atoms with Crippen LogP contribution in [0.2, 0.25) is 0 Å². The fraction of sp³-hybridized carbons (Fsp3) is 0.333. The molecule has 0 unspecified atom stereocenters. The number of anilines is 1. The van der Waals surface area contributed by atoms with Gasteiger partial charge in [0.25, 0.3) is 5.91 Å². The largest absolute Gasteiger partial charge is 0.432 e. The van der Waals surface area contributed by atoms with Crippen LogP contribution in [0.4, 0.5) is 19.0 Å². The standard InChI is InChI=1S/C12H12F3N5O/c1-6(2)10-7(4-16-5-17-10)11(21)18-9-3-8(19-20-9)12(13,14)15/h3-6H,1-2H3,(H2,18,19,20,21). The molecule has 2 rings (SSSR count). The summed E-state index contributed by atoms with van der Waals surface area (Å²) >= 11 is 0. The van der Waals surface area contributed by atoms with E-state index in [9.17, 15) is 18.0 Å². The van der Waals surface area contributed by atoms with E-state index in [0.717, 1.165) is 6.07 Å². The molecule has 0 fully saturated rings. The monoisotopic (exact) mass is 299 g/mol.